The van der Waals surface area contributed by atoms with E-state index in [1.807, 2.05) is 13.0 Å². The molecule has 0 heterocycles. The van der Waals surface area contributed by atoms with E-state index in [4.69, 9.17) is 4.74 Å². The molecule has 0 atom stereocenters. The maximum absolute atomic E-state index is 5.09. The van der Waals surface area contributed by atoms with Crippen LogP contribution >= 0.6 is 0 Å². The molecule has 0 aliphatic carbocycles. The fourth-order valence-corrected chi connectivity index (χ4v) is 1.13. The van der Waals surface area contributed by atoms with Crippen LogP contribution in [0.5, 0.6) is 0 Å². The van der Waals surface area contributed by atoms with Gasteiger partial charge < -0.3 is 4.74 Å². The molecule has 0 aliphatic rings. The molecule has 0 N–H and O–H groups in total. The normalized spacial score (nSPS) is 10.5. The Labute approximate surface area is 80.0 Å². The molecule has 13 heavy (non-hydrogen) atoms. The minimum atomic E-state index is 0.752. The molecule has 1 rings (SSSR count). The zero-order valence-corrected chi connectivity index (χ0v) is 8.07. The molecule has 1 heteroatoms. The number of allylic oxidation sites excluding steroid dienone is 1. The second-order valence-corrected chi connectivity index (χ2v) is 2.85. The highest BCUT2D eigenvalue weighted by atomic mass is 16.5. The number of hydrogen-bond acceptors (Lipinski definition) is 1. The Bertz CT molecular complexity index is 239. The van der Waals surface area contributed by atoms with Crippen LogP contribution in [0.15, 0.2) is 42.7 Å². The molecule has 0 unspecified atom stereocenters. The van der Waals surface area contributed by atoms with Gasteiger partial charge in [0.2, 0.25) is 0 Å². The zero-order valence-electron chi connectivity index (χ0n) is 8.07. The highest BCUT2D eigenvalue weighted by molar-refractivity contribution is 5.15. The SMILES string of the molecule is CCO/C=C\CCc1ccccc1. The van der Waals surface area contributed by atoms with Gasteiger partial charge in [-0.05, 0) is 31.4 Å². The van der Waals surface area contributed by atoms with Gasteiger partial charge in [0, 0.05) is 0 Å². The van der Waals surface area contributed by atoms with E-state index in [2.05, 4.69) is 30.3 Å². The van der Waals surface area contributed by atoms with E-state index >= 15 is 0 Å². The number of benzene rings is 1. The van der Waals surface area contributed by atoms with Gasteiger partial charge in [-0.3, -0.25) is 0 Å². The molecule has 0 aromatic heterocycles. The van der Waals surface area contributed by atoms with Crippen LogP contribution in [0.4, 0.5) is 0 Å². The molecule has 0 spiro atoms. The molecule has 0 saturated heterocycles. The van der Waals surface area contributed by atoms with Gasteiger partial charge in [0.05, 0.1) is 12.9 Å². The van der Waals surface area contributed by atoms with Crippen molar-refractivity contribution in [3.05, 3.63) is 48.2 Å². The van der Waals surface area contributed by atoms with Crippen molar-refractivity contribution in [3.63, 3.8) is 0 Å². The highest BCUT2D eigenvalue weighted by Gasteiger charge is 1.87. The minimum Gasteiger partial charge on any atom is -0.502 e. The third-order valence-corrected chi connectivity index (χ3v) is 1.80. The average molecular weight is 176 g/mol. The maximum atomic E-state index is 5.09. The fourth-order valence-electron chi connectivity index (χ4n) is 1.13. The minimum absolute atomic E-state index is 0.752. The van der Waals surface area contributed by atoms with Gasteiger partial charge in [-0.1, -0.05) is 30.3 Å². The lowest BCUT2D eigenvalue weighted by atomic mass is 10.1. The number of hydrogen-bond donors (Lipinski definition) is 0. The van der Waals surface area contributed by atoms with Crippen LogP contribution in [0.1, 0.15) is 18.9 Å². The summed E-state index contributed by atoms with van der Waals surface area (Å²) in [5.74, 6) is 0. The monoisotopic (exact) mass is 176 g/mol. The van der Waals surface area contributed by atoms with E-state index in [9.17, 15) is 0 Å². The molecule has 1 aromatic rings. The van der Waals surface area contributed by atoms with E-state index in [-0.39, 0.29) is 0 Å². The Morgan fingerprint density at radius 3 is 2.69 bits per heavy atom. The van der Waals surface area contributed by atoms with Gasteiger partial charge >= 0.3 is 0 Å². The summed E-state index contributed by atoms with van der Waals surface area (Å²) >= 11 is 0. The van der Waals surface area contributed by atoms with Crippen molar-refractivity contribution < 1.29 is 4.74 Å². The predicted octanol–water partition coefficient (Wildman–Crippen LogP) is 3.17. The van der Waals surface area contributed by atoms with Crippen molar-refractivity contribution in [2.45, 2.75) is 19.8 Å². The Morgan fingerprint density at radius 1 is 1.23 bits per heavy atom. The molecule has 0 radical (unpaired) electrons. The summed E-state index contributed by atoms with van der Waals surface area (Å²) < 4.78 is 5.09. The van der Waals surface area contributed by atoms with Crippen LogP contribution in [-0.4, -0.2) is 6.61 Å². The molecule has 0 bridgehead atoms. The first-order chi connectivity index (χ1) is 6.43. The summed E-state index contributed by atoms with van der Waals surface area (Å²) in [6, 6.07) is 10.5. The summed E-state index contributed by atoms with van der Waals surface area (Å²) in [5, 5.41) is 0. The van der Waals surface area contributed by atoms with Gasteiger partial charge in [0.25, 0.3) is 0 Å². The first-order valence-electron chi connectivity index (χ1n) is 4.74. The van der Waals surface area contributed by atoms with Crippen LogP contribution in [0.3, 0.4) is 0 Å². The third kappa shape index (κ3) is 4.36. The van der Waals surface area contributed by atoms with Crippen LogP contribution in [0, 0.1) is 0 Å². The Kier molecular flexibility index (Phi) is 4.77. The highest BCUT2D eigenvalue weighted by Crippen LogP contribution is 2.02. The lowest BCUT2D eigenvalue weighted by Crippen LogP contribution is -1.82. The number of ether oxygens (including phenoxy) is 1. The molecule has 0 fully saturated rings. The molecule has 1 aromatic carbocycles. The van der Waals surface area contributed by atoms with Crippen molar-refractivity contribution in [2.24, 2.45) is 0 Å². The van der Waals surface area contributed by atoms with Crippen LogP contribution in [0.25, 0.3) is 0 Å². The quantitative estimate of drug-likeness (QED) is 0.626. The molecular formula is C12H16O. The summed E-state index contributed by atoms with van der Waals surface area (Å²) in [7, 11) is 0. The lowest BCUT2D eigenvalue weighted by Gasteiger charge is -1.96. The molecule has 0 saturated carbocycles. The van der Waals surface area contributed by atoms with Crippen molar-refractivity contribution in [2.75, 3.05) is 6.61 Å². The molecule has 1 nitrogen and oxygen atoms in total. The smallest absolute Gasteiger partial charge is 0.0845 e. The van der Waals surface area contributed by atoms with Gasteiger partial charge in [0.1, 0.15) is 0 Å². The molecule has 0 amide bonds. The van der Waals surface area contributed by atoms with Crippen molar-refractivity contribution in [1.29, 1.82) is 0 Å². The predicted molar refractivity (Wildman–Crippen MR) is 55.5 cm³/mol. The Morgan fingerprint density at radius 2 is 2.00 bits per heavy atom. The summed E-state index contributed by atoms with van der Waals surface area (Å²) in [6.07, 6.45) is 5.98. The Balaban J connectivity index is 2.20. The van der Waals surface area contributed by atoms with E-state index in [1.54, 1.807) is 6.26 Å². The van der Waals surface area contributed by atoms with Crippen molar-refractivity contribution in [1.82, 2.24) is 0 Å². The second kappa shape index (κ2) is 6.30. The van der Waals surface area contributed by atoms with E-state index < -0.39 is 0 Å². The van der Waals surface area contributed by atoms with E-state index in [0.29, 0.717) is 0 Å². The van der Waals surface area contributed by atoms with Crippen molar-refractivity contribution >= 4 is 0 Å². The summed E-state index contributed by atoms with van der Waals surface area (Å²) in [4.78, 5) is 0. The molecule has 0 aliphatic heterocycles. The standard InChI is InChI=1S/C12H16O/c1-2-13-11-7-6-10-12-8-4-3-5-9-12/h3-5,7-9,11H,2,6,10H2,1H3/b11-7-. The summed E-state index contributed by atoms with van der Waals surface area (Å²) in [5.41, 5.74) is 1.38. The van der Waals surface area contributed by atoms with Crippen LogP contribution < -0.4 is 0 Å². The summed E-state index contributed by atoms with van der Waals surface area (Å²) in [6.45, 7) is 2.74. The zero-order chi connectivity index (χ0) is 9.36. The molecular weight excluding hydrogens is 160 g/mol. The Hall–Kier alpha value is -1.24. The van der Waals surface area contributed by atoms with Crippen LogP contribution in [-0.2, 0) is 11.2 Å². The molecule has 70 valence electrons. The van der Waals surface area contributed by atoms with E-state index in [0.717, 1.165) is 19.4 Å². The van der Waals surface area contributed by atoms with Gasteiger partial charge in [-0.25, -0.2) is 0 Å². The van der Waals surface area contributed by atoms with Gasteiger partial charge in [-0.2, -0.15) is 0 Å². The van der Waals surface area contributed by atoms with Gasteiger partial charge in [-0.15, -0.1) is 0 Å². The van der Waals surface area contributed by atoms with Crippen molar-refractivity contribution in [3.8, 4) is 0 Å². The fraction of sp³-hybridized carbons (Fsp3) is 0.333. The first-order valence-corrected chi connectivity index (χ1v) is 4.74. The third-order valence-electron chi connectivity index (χ3n) is 1.80. The largest absolute Gasteiger partial charge is 0.502 e. The first kappa shape index (κ1) is 9.85. The van der Waals surface area contributed by atoms with E-state index in [1.165, 1.54) is 5.56 Å². The number of aryl methyl sites for hydroxylation is 1. The van der Waals surface area contributed by atoms with Crippen LogP contribution in [0.2, 0.25) is 0 Å². The topological polar surface area (TPSA) is 9.23 Å². The lowest BCUT2D eigenvalue weighted by molar-refractivity contribution is 0.268. The second-order valence-electron chi connectivity index (χ2n) is 2.85. The van der Waals surface area contributed by atoms with Gasteiger partial charge in [0.15, 0.2) is 0 Å². The number of rotatable bonds is 5. The average Bonchev–Trinajstić information content (AvgIpc) is 2.19. The maximum Gasteiger partial charge on any atom is 0.0845 e.